The van der Waals surface area contributed by atoms with Crippen LogP contribution in [0.15, 0.2) is 0 Å². The zero-order chi connectivity index (χ0) is 12.9. The summed E-state index contributed by atoms with van der Waals surface area (Å²) in [5.74, 6) is 0.433. The highest BCUT2D eigenvalue weighted by Gasteiger charge is 2.36. The van der Waals surface area contributed by atoms with Crippen molar-refractivity contribution in [2.75, 3.05) is 32.2 Å². The molecule has 0 saturated carbocycles. The molecular formula is C11H23NO4S. The average molecular weight is 265 g/mol. The van der Waals surface area contributed by atoms with E-state index in [2.05, 4.69) is 13.8 Å². The lowest BCUT2D eigenvalue weighted by atomic mass is 9.83. The molecule has 0 aromatic rings. The second-order valence-corrected chi connectivity index (χ2v) is 6.94. The van der Waals surface area contributed by atoms with Crippen molar-refractivity contribution in [1.82, 2.24) is 0 Å². The summed E-state index contributed by atoms with van der Waals surface area (Å²) in [7, 11) is -3.47. The van der Waals surface area contributed by atoms with Gasteiger partial charge in [-0.25, -0.2) is 13.6 Å². The van der Waals surface area contributed by atoms with Crippen LogP contribution in [-0.2, 0) is 19.5 Å². The first kappa shape index (κ1) is 14.9. The molecule has 1 rings (SSSR count). The quantitative estimate of drug-likeness (QED) is 0.768. The van der Waals surface area contributed by atoms with Gasteiger partial charge in [0, 0.05) is 25.2 Å². The molecule has 102 valence electrons. The van der Waals surface area contributed by atoms with Gasteiger partial charge in [0.05, 0.1) is 12.4 Å². The van der Waals surface area contributed by atoms with Crippen molar-refractivity contribution in [2.24, 2.45) is 16.5 Å². The molecule has 0 atom stereocenters. The third kappa shape index (κ3) is 5.81. The van der Waals surface area contributed by atoms with E-state index >= 15 is 0 Å². The summed E-state index contributed by atoms with van der Waals surface area (Å²) in [6.45, 7) is 6.39. The summed E-state index contributed by atoms with van der Waals surface area (Å²) in [4.78, 5) is 0. The Hall–Kier alpha value is -0.170. The lowest BCUT2D eigenvalue weighted by Crippen LogP contribution is -2.42. The largest absolute Gasteiger partial charge is 0.381 e. The molecule has 0 aromatic carbocycles. The van der Waals surface area contributed by atoms with Crippen LogP contribution in [0.3, 0.4) is 0 Å². The number of primary sulfonamides is 1. The molecule has 0 spiro atoms. The minimum Gasteiger partial charge on any atom is -0.381 e. The maximum atomic E-state index is 11.3. The van der Waals surface area contributed by atoms with E-state index in [0.29, 0.717) is 45.2 Å². The minimum absolute atomic E-state index is 0.0124. The van der Waals surface area contributed by atoms with Gasteiger partial charge in [0.15, 0.2) is 0 Å². The van der Waals surface area contributed by atoms with Gasteiger partial charge in [-0.1, -0.05) is 13.8 Å². The second kappa shape index (κ2) is 6.13. The molecule has 6 heteroatoms. The normalized spacial score (nSPS) is 20.7. The van der Waals surface area contributed by atoms with E-state index in [1.165, 1.54) is 0 Å². The topological polar surface area (TPSA) is 78.6 Å². The highest BCUT2D eigenvalue weighted by molar-refractivity contribution is 7.89. The highest BCUT2D eigenvalue weighted by Crippen LogP contribution is 2.32. The highest BCUT2D eigenvalue weighted by atomic mass is 32.2. The fourth-order valence-corrected chi connectivity index (χ4v) is 3.30. The van der Waals surface area contributed by atoms with Crippen molar-refractivity contribution in [3.63, 3.8) is 0 Å². The van der Waals surface area contributed by atoms with Crippen molar-refractivity contribution < 1.29 is 17.9 Å². The molecule has 1 fully saturated rings. The van der Waals surface area contributed by atoms with Gasteiger partial charge in [-0.3, -0.25) is 0 Å². The number of hydrogen-bond acceptors (Lipinski definition) is 4. The number of ether oxygens (including phenoxy) is 2. The molecule has 1 heterocycles. The van der Waals surface area contributed by atoms with Crippen LogP contribution in [0.25, 0.3) is 0 Å². The van der Waals surface area contributed by atoms with Gasteiger partial charge >= 0.3 is 0 Å². The van der Waals surface area contributed by atoms with Gasteiger partial charge in [0.25, 0.3) is 0 Å². The molecule has 0 amide bonds. The molecule has 0 aliphatic carbocycles. The van der Waals surface area contributed by atoms with Crippen molar-refractivity contribution in [3.8, 4) is 0 Å². The van der Waals surface area contributed by atoms with E-state index in [1.807, 2.05) is 0 Å². The van der Waals surface area contributed by atoms with Crippen LogP contribution in [0, 0.1) is 11.3 Å². The van der Waals surface area contributed by atoms with Gasteiger partial charge in [-0.2, -0.15) is 0 Å². The van der Waals surface area contributed by atoms with Gasteiger partial charge < -0.3 is 9.47 Å². The monoisotopic (exact) mass is 265 g/mol. The summed E-state index contributed by atoms with van der Waals surface area (Å²) in [6, 6.07) is 0. The fraction of sp³-hybridized carbons (Fsp3) is 1.00. The molecule has 0 radical (unpaired) electrons. The van der Waals surface area contributed by atoms with E-state index in [0.717, 1.165) is 0 Å². The molecule has 0 unspecified atom stereocenters. The number of hydrogen-bond donors (Lipinski definition) is 1. The van der Waals surface area contributed by atoms with Crippen molar-refractivity contribution >= 4 is 10.0 Å². The second-order valence-electron chi connectivity index (χ2n) is 5.33. The molecule has 1 aliphatic rings. The molecule has 0 bridgehead atoms. The Kier molecular flexibility index (Phi) is 5.37. The van der Waals surface area contributed by atoms with Gasteiger partial charge in [0.1, 0.15) is 0 Å². The van der Waals surface area contributed by atoms with Gasteiger partial charge in [0.2, 0.25) is 10.0 Å². The van der Waals surface area contributed by atoms with Crippen molar-refractivity contribution in [3.05, 3.63) is 0 Å². The lowest BCUT2D eigenvalue weighted by molar-refractivity contribution is -0.0329. The van der Waals surface area contributed by atoms with Crippen LogP contribution in [-0.4, -0.2) is 40.6 Å². The maximum Gasteiger partial charge on any atom is 0.209 e. The Morgan fingerprint density at radius 3 is 2.41 bits per heavy atom. The van der Waals surface area contributed by atoms with Crippen LogP contribution in [0.5, 0.6) is 0 Å². The van der Waals surface area contributed by atoms with E-state index < -0.39 is 10.0 Å². The third-order valence-electron chi connectivity index (χ3n) is 2.92. The van der Waals surface area contributed by atoms with Gasteiger partial charge in [-0.05, 0) is 18.8 Å². The smallest absolute Gasteiger partial charge is 0.209 e. The first-order valence-electron chi connectivity index (χ1n) is 5.99. The molecule has 0 aromatic heterocycles. The summed E-state index contributed by atoms with van der Waals surface area (Å²) < 4.78 is 33.4. The predicted octanol–water partition coefficient (Wildman–Crippen LogP) is 0.744. The lowest BCUT2D eigenvalue weighted by Gasteiger charge is -2.36. The summed E-state index contributed by atoms with van der Waals surface area (Å²) in [6.07, 6.45) is 1.39. The number of nitrogens with two attached hydrogens (primary N) is 1. The average Bonchev–Trinajstić information content (AvgIpc) is 2.15. The first-order valence-corrected chi connectivity index (χ1v) is 7.70. The van der Waals surface area contributed by atoms with E-state index in [9.17, 15) is 8.42 Å². The van der Waals surface area contributed by atoms with Crippen LogP contribution in [0.4, 0.5) is 0 Å². The van der Waals surface area contributed by atoms with E-state index in [-0.39, 0.29) is 11.2 Å². The Labute approximate surface area is 104 Å². The molecule has 1 saturated heterocycles. The van der Waals surface area contributed by atoms with E-state index in [1.54, 1.807) is 0 Å². The Morgan fingerprint density at radius 2 is 1.94 bits per heavy atom. The van der Waals surface area contributed by atoms with Crippen molar-refractivity contribution in [1.29, 1.82) is 0 Å². The predicted molar refractivity (Wildman–Crippen MR) is 66.1 cm³/mol. The van der Waals surface area contributed by atoms with Crippen LogP contribution >= 0.6 is 0 Å². The van der Waals surface area contributed by atoms with Crippen LogP contribution in [0.2, 0.25) is 0 Å². The minimum atomic E-state index is -3.47. The molecular weight excluding hydrogens is 242 g/mol. The molecule has 2 N–H and O–H groups in total. The third-order valence-corrected chi connectivity index (χ3v) is 3.94. The number of sulfonamides is 1. The first-order chi connectivity index (χ1) is 7.83. The van der Waals surface area contributed by atoms with Crippen molar-refractivity contribution in [2.45, 2.75) is 26.7 Å². The number of rotatable bonds is 6. The van der Waals surface area contributed by atoms with Crippen LogP contribution in [0.1, 0.15) is 26.7 Å². The summed E-state index contributed by atoms with van der Waals surface area (Å²) in [5, 5.41) is 5.16. The zero-order valence-corrected chi connectivity index (χ0v) is 11.5. The standard InChI is InChI=1S/C11H23NO4S/c1-10(2)7-16-8-11(9-17(12,13)14)3-5-15-6-4-11/h10H,3-9H2,1-2H3,(H2,12,13,14). The SMILES string of the molecule is CC(C)COCC1(CS(N)(=O)=O)CCOCC1. The van der Waals surface area contributed by atoms with E-state index in [4.69, 9.17) is 14.6 Å². The fourth-order valence-electron chi connectivity index (χ4n) is 2.07. The molecule has 1 aliphatic heterocycles. The summed E-state index contributed by atoms with van der Waals surface area (Å²) in [5.41, 5.74) is -0.360. The zero-order valence-electron chi connectivity index (χ0n) is 10.6. The molecule has 17 heavy (non-hydrogen) atoms. The Bertz CT molecular complexity index is 320. The molecule has 5 nitrogen and oxygen atoms in total. The van der Waals surface area contributed by atoms with Crippen LogP contribution < -0.4 is 5.14 Å². The van der Waals surface area contributed by atoms with Gasteiger partial charge in [-0.15, -0.1) is 0 Å². The Balaban J connectivity index is 2.58. The maximum absolute atomic E-state index is 11.3. The summed E-state index contributed by atoms with van der Waals surface area (Å²) >= 11 is 0. The Morgan fingerprint density at radius 1 is 1.35 bits per heavy atom.